The molecule has 31 heavy (non-hydrogen) atoms. The number of nitrogens with zero attached hydrogens (tertiary/aromatic N) is 2. The molecule has 0 aliphatic carbocycles. The predicted molar refractivity (Wildman–Crippen MR) is 117 cm³/mol. The van der Waals surface area contributed by atoms with Crippen LogP contribution in [-0.4, -0.2) is 35.1 Å². The number of benzene rings is 2. The van der Waals surface area contributed by atoms with Gasteiger partial charge in [0.2, 0.25) is 0 Å². The van der Waals surface area contributed by atoms with Crippen LogP contribution in [0, 0.1) is 11.3 Å². The summed E-state index contributed by atoms with van der Waals surface area (Å²) in [5.41, 5.74) is 0.610. The Morgan fingerprint density at radius 2 is 1.87 bits per heavy atom. The number of nitriles is 1. The number of likely N-dealkylation sites (tertiary alicyclic amines) is 1. The topological polar surface area (TPSA) is 54.8 Å². The minimum Gasteiger partial charge on any atom is -0.382 e. The number of hydrogen-bond acceptors (Lipinski definition) is 3. The molecule has 0 atom stereocenters. The molecular weight excluding hydrogens is 401 g/mol. The van der Waals surface area contributed by atoms with Crippen molar-refractivity contribution in [1.29, 1.82) is 5.26 Å². The first-order valence-corrected chi connectivity index (χ1v) is 10.5. The van der Waals surface area contributed by atoms with E-state index >= 15 is 0 Å². The second kappa shape index (κ2) is 8.27. The van der Waals surface area contributed by atoms with Crippen molar-refractivity contribution in [2.24, 2.45) is 0 Å². The number of aromatic nitrogens is 1. The van der Waals surface area contributed by atoms with Crippen molar-refractivity contribution in [3.8, 4) is 17.2 Å². The Bertz CT molecular complexity index is 1120. The van der Waals surface area contributed by atoms with Gasteiger partial charge in [-0.3, -0.25) is 0 Å². The summed E-state index contributed by atoms with van der Waals surface area (Å²) in [4.78, 5) is 5.34. The highest BCUT2D eigenvalue weighted by atomic mass is 19.4. The molecule has 1 saturated heterocycles. The number of hydrogen-bond donors (Lipinski definition) is 2. The number of fused-ring (bicyclic) bond motifs is 1. The van der Waals surface area contributed by atoms with Gasteiger partial charge >= 0.3 is 6.18 Å². The fourth-order valence-electron chi connectivity index (χ4n) is 4.40. The summed E-state index contributed by atoms with van der Waals surface area (Å²) in [5.74, 6) is 0. The summed E-state index contributed by atoms with van der Waals surface area (Å²) >= 11 is 0. The first kappa shape index (κ1) is 21.3. The number of nitrogens with one attached hydrogen (secondary N) is 2. The number of H-pyrrole nitrogens is 1. The van der Waals surface area contributed by atoms with Crippen LogP contribution in [0.15, 0.2) is 42.6 Å². The number of halogens is 3. The lowest BCUT2D eigenvalue weighted by molar-refractivity contribution is -0.136. The van der Waals surface area contributed by atoms with Crippen molar-refractivity contribution in [2.75, 3.05) is 18.4 Å². The van der Waals surface area contributed by atoms with Crippen LogP contribution in [0.3, 0.4) is 0 Å². The Kier molecular flexibility index (Phi) is 5.67. The molecule has 0 bridgehead atoms. The smallest absolute Gasteiger partial charge is 0.382 e. The molecule has 0 radical (unpaired) electrons. The molecule has 1 aliphatic heterocycles. The van der Waals surface area contributed by atoms with Crippen molar-refractivity contribution in [3.63, 3.8) is 0 Å². The van der Waals surface area contributed by atoms with Gasteiger partial charge in [-0.05, 0) is 56.5 Å². The SMILES string of the molecule is CC(C)N1CCC(Nc2cccc(-c3cc4cc[nH]c4cc3C#N)c2C(F)(F)F)CC1. The van der Waals surface area contributed by atoms with Gasteiger partial charge in [0.1, 0.15) is 0 Å². The zero-order valence-electron chi connectivity index (χ0n) is 17.6. The average molecular weight is 426 g/mol. The number of piperidine rings is 1. The first-order chi connectivity index (χ1) is 14.8. The summed E-state index contributed by atoms with van der Waals surface area (Å²) in [6.45, 7) is 5.98. The third-order valence-corrected chi connectivity index (χ3v) is 6.07. The minimum absolute atomic E-state index is 0.0195. The highest BCUT2D eigenvalue weighted by Crippen LogP contribution is 2.43. The van der Waals surface area contributed by atoms with Gasteiger partial charge in [-0.1, -0.05) is 12.1 Å². The van der Waals surface area contributed by atoms with Crippen LogP contribution in [0.2, 0.25) is 0 Å². The van der Waals surface area contributed by atoms with Gasteiger partial charge in [-0.2, -0.15) is 18.4 Å². The maximum Gasteiger partial charge on any atom is 0.418 e. The van der Waals surface area contributed by atoms with Crippen molar-refractivity contribution in [3.05, 3.63) is 53.7 Å². The molecule has 0 amide bonds. The normalized spacial score (nSPS) is 16.0. The Hall–Kier alpha value is -2.98. The van der Waals surface area contributed by atoms with E-state index in [0.717, 1.165) is 36.8 Å². The molecule has 1 fully saturated rings. The number of anilines is 1. The van der Waals surface area contributed by atoms with Crippen molar-refractivity contribution < 1.29 is 13.2 Å². The van der Waals surface area contributed by atoms with Gasteiger partial charge in [0.15, 0.2) is 0 Å². The fraction of sp³-hybridized carbons (Fsp3) is 0.375. The number of aromatic amines is 1. The molecular formula is C24H25F3N4. The van der Waals surface area contributed by atoms with E-state index < -0.39 is 11.7 Å². The van der Waals surface area contributed by atoms with E-state index in [9.17, 15) is 18.4 Å². The molecule has 1 aromatic heterocycles. The van der Waals surface area contributed by atoms with E-state index in [1.807, 2.05) is 0 Å². The van der Waals surface area contributed by atoms with Gasteiger partial charge in [0.05, 0.1) is 17.2 Å². The van der Waals surface area contributed by atoms with E-state index in [0.29, 0.717) is 11.6 Å². The maximum absolute atomic E-state index is 14.3. The Morgan fingerprint density at radius 3 is 2.52 bits per heavy atom. The third kappa shape index (κ3) is 4.26. The summed E-state index contributed by atoms with van der Waals surface area (Å²) in [6, 6.07) is 12.1. The van der Waals surface area contributed by atoms with Gasteiger partial charge in [0.25, 0.3) is 0 Å². The molecule has 3 aromatic rings. The predicted octanol–water partition coefficient (Wildman–Crippen LogP) is 6.01. The molecule has 0 spiro atoms. The molecule has 2 heterocycles. The van der Waals surface area contributed by atoms with E-state index in [1.165, 1.54) is 12.1 Å². The maximum atomic E-state index is 14.3. The lowest BCUT2D eigenvalue weighted by atomic mass is 9.92. The Labute approximate surface area is 179 Å². The van der Waals surface area contributed by atoms with Gasteiger partial charge < -0.3 is 15.2 Å². The van der Waals surface area contributed by atoms with Gasteiger partial charge in [-0.25, -0.2) is 0 Å². The lowest BCUT2D eigenvalue weighted by Crippen LogP contribution is -2.42. The molecule has 7 heteroatoms. The lowest BCUT2D eigenvalue weighted by Gasteiger charge is -2.35. The van der Waals surface area contributed by atoms with Crippen molar-refractivity contribution in [2.45, 2.75) is 44.9 Å². The fourth-order valence-corrected chi connectivity index (χ4v) is 4.40. The molecule has 1 aliphatic rings. The quantitative estimate of drug-likeness (QED) is 0.537. The van der Waals surface area contributed by atoms with Crippen LogP contribution in [-0.2, 0) is 6.18 Å². The second-order valence-corrected chi connectivity index (χ2v) is 8.35. The van der Waals surface area contributed by atoms with Crippen LogP contribution in [0.5, 0.6) is 0 Å². The summed E-state index contributed by atoms with van der Waals surface area (Å²) in [6.07, 6.45) is -1.27. The molecule has 162 valence electrons. The molecule has 0 saturated carbocycles. The summed E-state index contributed by atoms with van der Waals surface area (Å²) in [5, 5.41) is 13.5. The summed E-state index contributed by atoms with van der Waals surface area (Å²) < 4.78 is 42.8. The number of rotatable bonds is 4. The van der Waals surface area contributed by atoms with Crippen LogP contribution in [0.4, 0.5) is 18.9 Å². The van der Waals surface area contributed by atoms with E-state index in [-0.39, 0.29) is 22.9 Å². The molecule has 2 N–H and O–H groups in total. The molecule has 4 rings (SSSR count). The highest BCUT2D eigenvalue weighted by molar-refractivity contribution is 5.90. The van der Waals surface area contributed by atoms with Crippen LogP contribution < -0.4 is 5.32 Å². The van der Waals surface area contributed by atoms with E-state index in [2.05, 4.69) is 35.1 Å². The summed E-state index contributed by atoms with van der Waals surface area (Å²) in [7, 11) is 0. The zero-order valence-corrected chi connectivity index (χ0v) is 17.6. The standard InChI is InChI=1S/C24H25F3N4/c1-15(2)31-10-7-18(8-11-31)30-21-5-3-4-19(23(21)24(25,26)27)20-12-16-6-9-29-22(16)13-17(20)14-28/h3-6,9,12-13,15,18,29-30H,7-8,10-11H2,1-2H3. The highest BCUT2D eigenvalue weighted by Gasteiger charge is 2.38. The molecule has 4 nitrogen and oxygen atoms in total. The van der Waals surface area contributed by atoms with Crippen LogP contribution in [0.25, 0.3) is 22.0 Å². The minimum atomic E-state index is -4.56. The molecule has 2 aromatic carbocycles. The Morgan fingerprint density at radius 1 is 1.13 bits per heavy atom. The van der Waals surface area contributed by atoms with Crippen molar-refractivity contribution in [1.82, 2.24) is 9.88 Å². The number of alkyl halides is 3. The first-order valence-electron chi connectivity index (χ1n) is 10.5. The monoisotopic (exact) mass is 426 g/mol. The second-order valence-electron chi connectivity index (χ2n) is 8.35. The van der Waals surface area contributed by atoms with Gasteiger partial charge in [0, 0.05) is 53.5 Å². The van der Waals surface area contributed by atoms with E-state index in [1.54, 1.807) is 30.5 Å². The van der Waals surface area contributed by atoms with Crippen molar-refractivity contribution >= 4 is 16.6 Å². The average Bonchev–Trinajstić information content (AvgIpc) is 3.19. The third-order valence-electron chi connectivity index (χ3n) is 6.07. The van der Waals surface area contributed by atoms with E-state index in [4.69, 9.17) is 0 Å². The van der Waals surface area contributed by atoms with Crippen LogP contribution in [0.1, 0.15) is 37.8 Å². The van der Waals surface area contributed by atoms with Gasteiger partial charge in [-0.15, -0.1) is 0 Å². The zero-order chi connectivity index (χ0) is 22.2. The Balaban J connectivity index is 1.75. The largest absolute Gasteiger partial charge is 0.418 e. The molecule has 0 unspecified atom stereocenters. The van der Waals surface area contributed by atoms with Crippen LogP contribution >= 0.6 is 0 Å².